The molecule has 1 aromatic heterocycles. The van der Waals surface area contributed by atoms with Crippen LogP contribution in [0.25, 0.3) is 0 Å². The molecule has 1 unspecified atom stereocenters. The summed E-state index contributed by atoms with van der Waals surface area (Å²) in [5.74, 6) is 1.09. The predicted octanol–water partition coefficient (Wildman–Crippen LogP) is 1.36. The summed E-state index contributed by atoms with van der Waals surface area (Å²) < 4.78 is 0. The number of aromatic nitrogens is 2. The molecule has 1 aliphatic rings. The minimum absolute atomic E-state index is 0.162. The van der Waals surface area contributed by atoms with Gasteiger partial charge in [0.05, 0.1) is 0 Å². The van der Waals surface area contributed by atoms with Crippen LogP contribution in [-0.4, -0.2) is 29.1 Å². The van der Waals surface area contributed by atoms with Crippen LogP contribution >= 0.6 is 0 Å². The highest BCUT2D eigenvalue weighted by molar-refractivity contribution is 5.46. The molecule has 1 aliphatic heterocycles. The summed E-state index contributed by atoms with van der Waals surface area (Å²) in [6.45, 7) is 4.25. The van der Waals surface area contributed by atoms with Crippen LogP contribution in [0.15, 0.2) is 12.5 Å². The maximum absolute atomic E-state index is 5.85. The van der Waals surface area contributed by atoms with Gasteiger partial charge in [-0.1, -0.05) is 0 Å². The lowest BCUT2D eigenvalue weighted by molar-refractivity contribution is 0.569. The Hall–Kier alpha value is -1.16. The molecular weight excluding hydrogens is 200 g/mol. The molecule has 4 nitrogen and oxygen atoms in total. The van der Waals surface area contributed by atoms with E-state index in [4.69, 9.17) is 5.73 Å². The largest absolute Gasteiger partial charge is 0.356 e. The Morgan fingerprint density at radius 1 is 1.38 bits per heavy atom. The van der Waals surface area contributed by atoms with Crippen LogP contribution in [0, 0.1) is 0 Å². The SMILES string of the molecule is CC(N)Cc1cncnc1N1CCCCC1. The molecule has 2 rings (SSSR count). The first kappa shape index (κ1) is 11.3. The van der Waals surface area contributed by atoms with Crippen molar-refractivity contribution in [2.75, 3.05) is 18.0 Å². The molecule has 0 saturated carbocycles. The first-order valence-corrected chi connectivity index (χ1v) is 6.07. The number of nitrogens with two attached hydrogens (primary N) is 1. The van der Waals surface area contributed by atoms with E-state index in [2.05, 4.69) is 14.9 Å². The van der Waals surface area contributed by atoms with Gasteiger partial charge in [0, 0.05) is 30.9 Å². The number of nitrogens with zero attached hydrogens (tertiary/aromatic N) is 3. The third-order valence-corrected chi connectivity index (χ3v) is 2.96. The fraction of sp³-hybridized carbons (Fsp3) is 0.667. The Kier molecular flexibility index (Phi) is 3.72. The van der Waals surface area contributed by atoms with Gasteiger partial charge in [-0.25, -0.2) is 9.97 Å². The summed E-state index contributed by atoms with van der Waals surface area (Å²) in [4.78, 5) is 10.9. The number of hydrogen-bond acceptors (Lipinski definition) is 4. The van der Waals surface area contributed by atoms with Crippen LogP contribution in [0.5, 0.6) is 0 Å². The minimum Gasteiger partial charge on any atom is -0.356 e. The highest BCUT2D eigenvalue weighted by Crippen LogP contribution is 2.21. The lowest BCUT2D eigenvalue weighted by Gasteiger charge is -2.29. The predicted molar refractivity (Wildman–Crippen MR) is 65.4 cm³/mol. The van der Waals surface area contributed by atoms with Crippen LogP contribution in [0.4, 0.5) is 5.82 Å². The average molecular weight is 220 g/mol. The van der Waals surface area contributed by atoms with Gasteiger partial charge in [0.15, 0.2) is 0 Å². The molecular formula is C12H20N4. The summed E-state index contributed by atoms with van der Waals surface area (Å²) in [6.07, 6.45) is 8.26. The van der Waals surface area contributed by atoms with Crippen molar-refractivity contribution >= 4 is 5.82 Å². The van der Waals surface area contributed by atoms with E-state index < -0.39 is 0 Å². The first-order valence-electron chi connectivity index (χ1n) is 6.07. The number of anilines is 1. The molecule has 1 fully saturated rings. The van der Waals surface area contributed by atoms with E-state index in [1.807, 2.05) is 13.1 Å². The van der Waals surface area contributed by atoms with Crippen LogP contribution in [0.2, 0.25) is 0 Å². The summed E-state index contributed by atoms with van der Waals surface area (Å²) in [5, 5.41) is 0. The molecule has 0 spiro atoms. The molecule has 0 bridgehead atoms. The zero-order chi connectivity index (χ0) is 11.4. The molecule has 0 aromatic carbocycles. The summed E-state index contributed by atoms with van der Waals surface area (Å²) >= 11 is 0. The van der Waals surface area contributed by atoms with Gasteiger partial charge in [-0.3, -0.25) is 0 Å². The van der Waals surface area contributed by atoms with Crippen molar-refractivity contribution in [1.29, 1.82) is 0 Å². The highest BCUT2D eigenvalue weighted by Gasteiger charge is 2.16. The topological polar surface area (TPSA) is 55.0 Å². The number of rotatable bonds is 3. The van der Waals surface area contributed by atoms with Gasteiger partial charge in [-0.05, 0) is 32.6 Å². The monoisotopic (exact) mass is 220 g/mol. The van der Waals surface area contributed by atoms with Crippen molar-refractivity contribution in [3.05, 3.63) is 18.1 Å². The maximum atomic E-state index is 5.85. The van der Waals surface area contributed by atoms with Crippen LogP contribution in [0.3, 0.4) is 0 Å². The molecule has 1 atom stereocenters. The average Bonchev–Trinajstić information content (AvgIpc) is 2.30. The van der Waals surface area contributed by atoms with Crippen LogP contribution in [-0.2, 0) is 6.42 Å². The van der Waals surface area contributed by atoms with Crippen LogP contribution in [0.1, 0.15) is 31.7 Å². The Balaban J connectivity index is 2.17. The van der Waals surface area contributed by atoms with Gasteiger partial charge in [0.1, 0.15) is 12.1 Å². The lowest BCUT2D eigenvalue weighted by Crippen LogP contribution is -2.32. The van der Waals surface area contributed by atoms with Crippen molar-refractivity contribution in [1.82, 2.24) is 9.97 Å². The van der Waals surface area contributed by atoms with E-state index in [0.29, 0.717) is 0 Å². The van der Waals surface area contributed by atoms with Crippen LogP contribution < -0.4 is 10.6 Å². The lowest BCUT2D eigenvalue weighted by atomic mass is 10.1. The molecule has 1 saturated heterocycles. The molecule has 4 heteroatoms. The molecule has 0 amide bonds. The zero-order valence-electron chi connectivity index (χ0n) is 9.89. The molecule has 88 valence electrons. The quantitative estimate of drug-likeness (QED) is 0.835. The fourth-order valence-corrected chi connectivity index (χ4v) is 2.23. The van der Waals surface area contributed by atoms with E-state index in [9.17, 15) is 0 Å². The van der Waals surface area contributed by atoms with Gasteiger partial charge in [-0.15, -0.1) is 0 Å². The Morgan fingerprint density at radius 3 is 2.81 bits per heavy atom. The standard InChI is InChI=1S/C12H20N4/c1-10(13)7-11-8-14-9-15-12(11)16-5-3-2-4-6-16/h8-10H,2-7,13H2,1H3. The van der Waals surface area contributed by atoms with E-state index in [1.165, 1.54) is 24.8 Å². The first-order chi connectivity index (χ1) is 7.77. The zero-order valence-corrected chi connectivity index (χ0v) is 9.89. The second-order valence-corrected chi connectivity index (χ2v) is 4.60. The van der Waals surface area contributed by atoms with E-state index in [1.54, 1.807) is 6.33 Å². The maximum Gasteiger partial charge on any atom is 0.135 e. The van der Waals surface area contributed by atoms with Crippen molar-refractivity contribution in [2.45, 2.75) is 38.6 Å². The van der Waals surface area contributed by atoms with Crippen molar-refractivity contribution in [3.8, 4) is 0 Å². The second-order valence-electron chi connectivity index (χ2n) is 4.60. The van der Waals surface area contributed by atoms with E-state index >= 15 is 0 Å². The summed E-state index contributed by atoms with van der Waals surface area (Å²) in [5.41, 5.74) is 7.03. The smallest absolute Gasteiger partial charge is 0.135 e. The third kappa shape index (κ3) is 2.70. The van der Waals surface area contributed by atoms with E-state index in [-0.39, 0.29) is 6.04 Å². The fourth-order valence-electron chi connectivity index (χ4n) is 2.23. The van der Waals surface area contributed by atoms with E-state index in [0.717, 1.165) is 25.3 Å². The van der Waals surface area contributed by atoms with Crippen molar-refractivity contribution in [2.24, 2.45) is 5.73 Å². The molecule has 16 heavy (non-hydrogen) atoms. The Morgan fingerprint density at radius 2 is 2.12 bits per heavy atom. The summed E-state index contributed by atoms with van der Waals surface area (Å²) in [6, 6.07) is 0.162. The van der Waals surface area contributed by atoms with Gasteiger partial charge < -0.3 is 10.6 Å². The van der Waals surface area contributed by atoms with Crippen molar-refractivity contribution in [3.63, 3.8) is 0 Å². The molecule has 2 N–H and O–H groups in total. The van der Waals surface area contributed by atoms with Gasteiger partial charge in [-0.2, -0.15) is 0 Å². The Labute approximate surface area is 96.9 Å². The van der Waals surface area contributed by atoms with Crippen molar-refractivity contribution < 1.29 is 0 Å². The number of hydrogen-bond donors (Lipinski definition) is 1. The van der Waals surface area contributed by atoms with Gasteiger partial charge >= 0.3 is 0 Å². The van der Waals surface area contributed by atoms with Gasteiger partial charge in [0.25, 0.3) is 0 Å². The number of piperidine rings is 1. The third-order valence-electron chi connectivity index (χ3n) is 2.96. The van der Waals surface area contributed by atoms with Gasteiger partial charge in [0.2, 0.25) is 0 Å². The molecule has 0 aliphatic carbocycles. The highest BCUT2D eigenvalue weighted by atomic mass is 15.2. The normalized spacial score (nSPS) is 18.5. The second kappa shape index (κ2) is 5.25. The summed E-state index contributed by atoms with van der Waals surface area (Å²) in [7, 11) is 0. The molecule has 0 radical (unpaired) electrons. The Bertz CT molecular complexity index is 332. The minimum atomic E-state index is 0.162. The molecule has 1 aromatic rings. The molecule has 2 heterocycles.